The molecule has 0 spiro atoms. The van der Waals surface area contributed by atoms with Crippen molar-refractivity contribution in [3.8, 4) is 0 Å². The summed E-state index contributed by atoms with van der Waals surface area (Å²) in [6.45, 7) is 2.49. The zero-order valence-electron chi connectivity index (χ0n) is 13.1. The molecule has 0 aliphatic carbocycles. The van der Waals surface area contributed by atoms with Gasteiger partial charge in [0.15, 0.2) is 0 Å². The van der Waals surface area contributed by atoms with Crippen LogP contribution in [-0.4, -0.2) is 19.2 Å². The van der Waals surface area contributed by atoms with Gasteiger partial charge in [0.25, 0.3) is 10.0 Å². The van der Waals surface area contributed by atoms with Crippen LogP contribution in [0, 0.1) is 0 Å². The molecule has 5 nitrogen and oxygen atoms in total. The highest BCUT2D eigenvalue weighted by Crippen LogP contribution is 2.24. The highest BCUT2D eigenvalue weighted by atomic mass is 32.2. The molecule has 1 N–H and O–H groups in total. The fourth-order valence-corrected chi connectivity index (χ4v) is 4.85. The van der Waals surface area contributed by atoms with E-state index in [1.54, 1.807) is 58.8 Å². The van der Waals surface area contributed by atoms with Crippen LogP contribution >= 0.6 is 23.1 Å². The zero-order chi connectivity index (χ0) is 17.3. The number of hydrogen-bond donors (Lipinski definition) is 1. The minimum absolute atomic E-state index is 0.0415. The summed E-state index contributed by atoms with van der Waals surface area (Å²) >= 11 is 2.67. The standard InChI is InChI=1S/C16H16N2O3S3/c1-3-18-14-9-4-11(10-15(14)23-16(18)19)17-24(20,21)13-7-5-12(22-2)6-8-13/h4-10,17H,3H2,1-2H3. The lowest BCUT2D eigenvalue weighted by atomic mass is 10.3. The van der Waals surface area contributed by atoms with Crippen molar-refractivity contribution in [1.82, 2.24) is 4.57 Å². The first-order valence-corrected chi connectivity index (χ1v) is 10.8. The lowest BCUT2D eigenvalue weighted by Crippen LogP contribution is -2.13. The average Bonchev–Trinajstić information content (AvgIpc) is 2.88. The van der Waals surface area contributed by atoms with Crippen LogP contribution in [0.3, 0.4) is 0 Å². The van der Waals surface area contributed by atoms with Gasteiger partial charge in [0.2, 0.25) is 0 Å². The first-order chi connectivity index (χ1) is 11.4. The number of anilines is 1. The average molecular weight is 381 g/mol. The van der Waals surface area contributed by atoms with E-state index in [0.29, 0.717) is 12.2 Å². The smallest absolute Gasteiger partial charge is 0.299 e. The molecule has 0 aliphatic heterocycles. The number of aryl methyl sites for hydroxylation is 1. The van der Waals surface area contributed by atoms with Crippen molar-refractivity contribution in [3.63, 3.8) is 0 Å². The molecule has 0 radical (unpaired) electrons. The Labute approximate surface area is 148 Å². The van der Waals surface area contributed by atoms with Crippen molar-refractivity contribution in [3.05, 3.63) is 52.1 Å². The largest absolute Gasteiger partial charge is 0.308 e. The molecule has 3 aromatic rings. The summed E-state index contributed by atoms with van der Waals surface area (Å²) < 4.78 is 30.0. The maximum absolute atomic E-state index is 12.5. The summed E-state index contributed by atoms with van der Waals surface area (Å²) in [5, 5.41) is 0. The fourth-order valence-electron chi connectivity index (χ4n) is 2.40. The Kier molecular flexibility index (Phi) is 4.71. The highest BCUT2D eigenvalue weighted by Gasteiger charge is 2.15. The van der Waals surface area contributed by atoms with Gasteiger partial charge in [0.1, 0.15) is 0 Å². The summed E-state index contributed by atoms with van der Waals surface area (Å²) in [4.78, 5) is 13.1. The lowest BCUT2D eigenvalue weighted by Gasteiger charge is -2.09. The second-order valence-electron chi connectivity index (χ2n) is 5.08. The molecular formula is C16H16N2O3S3. The third kappa shape index (κ3) is 3.22. The van der Waals surface area contributed by atoms with Crippen LogP contribution in [0.15, 0.2) is 57.1 Å². The number of rotatable bonds is 5. The van der Waals surface area contributed by atoms with Gasteiger partial charge >= 0.3 is 4.87 Å². The Morgan fingerprint density at radius 3 is 2.50 bits per heavy atom. The molecule has 0 atom stereocenters. The summed E-state index contributed by atoms with van der Waals surface area (Å²) in [5.41, 5.74) is 1.26. The Balaban J connectivity index is 1.94. The molecular weight excluding hydrogens is 364 g/mol. The second-order valence-corrected chi connectivity index (χ2v) is 8.63. The molecule has 0 saturated carbocycles. The van der Waals surface area contributed by atoms with Crippen LogP contribution in [0.5, 0.6) is 0 Å². The molecule has 8 heteroatoms. The molecule has 1 heterocycles. The van der Waals surface area contributed by atoms with Crippen molar-refractivity contribution < 1.29 is 8.42 Å². The van der Waals surface area contributed by atoms with Gasteiger partial charge in [0.05, 0.1) is 20.8 Å². The molecule has 0 amide bonds. The third-order valence-corrected chi connectivity index (χ3v) is 6.69. The third-order valence-electron chi connectivity index (χ3n) is 3.61. The molecule has 0 unspecified atom stereocenters. The molecule has 3 rings (SSSR count). The van der Waals surface area contributed by atoms with Crippen LogP contribution in [0.25, 0.3) is 10.2 Å². The van der Waals surface area contributed by atoms with Crippen LogP contribution in [0.2, 0.25) is 0 Å². The summed E-state index contributed by atoms with van der Waals surface area (Å²) in [6, 6.07) is 11.9. The fraction of sp³-hybridized carbons (Fsp3) is 0.188. The zero-order valence-corrected chi connectivity index (χ0v) is 15.6. The number of thiazole rings is 1. The normalized spacial score (nSPS) is 11.8. The van der Waals surface area contributed by atoms with E-state index in [-0.39, 0.29) is 9.77 Å². The van der Waals surface area contributed by atoms with Gasteiger partial charge in [-0.25, -0.2) is 8.42 Å². The van der Waals surface area contributed by atoms with Crippen LogP contribution < -0.4 is 9.60 Å². The van der Waals surface area contributed by atoms with E-state index < -0.39 is 10.0 Å². The number of nitrogens with zero attached hydrogens (tertiary/aromatic N) is 1. The molecule has 24 heavy (non-hydrogen) atoms. The number of fused-ring (bicyclic) bond motifs is 1. The van der Waals surface area contributed by atoms with E-state index in [2.05, 4.69) is 4.72 Å². The Morgan fingerprint density at radius 2 is 1.88 bits per heavy atom. The molecule has 0 aliphatic rings. The minimum Gasteiger partial charge on any atom is -0.299 e. The maximum Gasteiger partial charge on any atom is 0.308 e. The Morgan fingerprint density at radius 1 is 1.17 bits per heavy atom. The lowest BCUT2D eigenvalue weighted by molar-refractivity contribution is 0.601. The predicted octanol–water partition coefficient (Wildman–Crippen LogP) is 3.61. The van der Waals surface area contributed by atoms with Gasteiger partial charge in [-0.15, -0.1) is 11.8 Å². The first kappa shape index (κ1) is 17.1. The number of benzene rings is 2. The van der Waals surface area contributed by atoms with Gasteiger partial charge in [-0.2, -0.15) is 0 Å². The molecule has 0 bridgehead atoms. The van der Waals surface area contributed by atoms with Gasteiger partial charge in [0, 0.05) is 11.4 Å². The maximum atomic E-state index is 12.5. The number of aromatic nitrogens is 1. The van der Waals surface area contributed by atoms with E-state index >= 15 is 0 Å². The molecule has 0 fully saturated rings. The number of sulfonamides is 1. The minimum atomic E-state index is -3.66. The van der Waals surface area contributed by atoms with Gasteiger partial charge in [-0.05, 0) is 55.6 Å². The number of hydrogen-bond acceptors (Lipinski definition) is 5. The molecule has 2 aromatic carbocycles. The second kappa shape index (κ2) is 6.62. The van der Waals surface area contributed by atoms with Gasteiger partial charge in [-0.1, -0.05) is 11.3 Å². The SMILES string of the molecule is CCn1c(=O)sc2cc(NS(=O)(=O)c3ccc(SC)cc3)ccc21. The molecule has 0 saturated heterocycles. The van der Waals surface area contributed by atoms with Crippen LogP contribution in [-0.2, 0) is 16.6 Å². The van der Waals surface area contributed by atoms with Crippen LogP contribution in [0.1, 0.15) is 6.92 Å². The summed E-state index contributed by atoms with van der Waals surface area (Å²) in [7, 11) is -3.66. The van der Waals surface area contributed by atoms with Gasteiger partial charge in [-0.3, -0.25) is 14.1 Å². The van der Waals surface area contributed by atoms with Crippen molar-refractivity contribution in [1.29, 1.82) is 0 Å². The number of nitrogens with one attached hydrogen (secondary N) is 1. The van der Waals surface area contributed by atoms with E-state index in [4.69, 9.17) is 0 Å². The highest BCUT2D eigenvalue weighted by molar-refractivity contribution is 7.98. The van der Waals surface area contributed by atoms with E-state index in [1.807, 2.05) is 13.2 Å². The first-order valence-electron chi connectivity index (χ1n) is 7.25. The van der Waals surface area contributed by atoms with Crippen molar-refractivity contribution in [2.75, 3.05) is 11.0 Å². The van der Waals surface area contributed by atoms with Crippen molar-refractivity contribution in [2.45, 2.75) is 23.3 Å². The van der Waals surface area contributed by atoms with E-state index in [9.17, 15) is 13.2 Å². The monoisotopic (exact) mass is 380 g/mol. The quantitative estimate of drug-likeness (QED) is 0.687. The Bertz CT molecular complexity index is 1030. The molecule has 126 valence electrons. The summed E-state index contributed by atoms with van der Waals surface area (Å²) in [5.74, 6) is 0. The number of thioether (sulfide) groups is 1. The van der Waals surface area contributed by atoms with Gasteiger partial charge < -0.3 is 0 Å². The van der Waals surface area contributed by atoms with Crippen LogP contribution in [0.4, 0.5) is 5.69 Å². The topological polar surface area (TPSA) is 68.2 Å². The van der Waals surface area contributed by atoms with Crippen molar-refractivity contribution >= 4 is 49.0 Å². The predicted molar refractivity (Wildman–Crippen MR) is 101 cm³/mol. The van der Waals surface area contributed by atoms with Crippen molar-refractivity contribution in [2.24, 2.45) is 0 Å². The Hall–Kier alpha value is -1.77. The van der Waals surface area contributed by atoms with E-state index in [1.165, 1.54) is 0 Å². The molecule has 1 aromatic heterocycles. The summed E-state index contributed by atoms with van der Waals surface area (Å²) in [6.07, 6.45) is 1.94. The van der Waals surface area contributed by atoms with E-state index in [0.717, 1.165) is 26.4 Å².